The van der Waals surface area contributed by atoms with Crippen LogP contribution < -0.4 is 5.32 Å². The van der Waals surface area contributed by atoms with Crippen molar-refractivity contribution in [2.24, 2.45) is 0 Å². The maximum atomic E-state index is 11.6. The lowest BCUT2D eigenvalue weighted by molar-refractivity contribution is -0.121. The van der Waals surface area contributed by atoms with E-state index in [0.29, 0.717) is 6.42 Å². The van der Waals surface area contributed by atoms with Gasteiger partial charge in [0.1, 0.15) is 0 Å². The molecule has 2 heteroatoms. The van der Waals surface area contributed by atoms with Crippen LogP contribution in [0, 0.1) is 0 Å². The summed E-state index contributed by atoms with van der Waals surface area (Å²) >= 11 is 0. The Balaban J connectivity index is 2.39. The zero-order chi connectivity index (χ0) is 11.1. The molecule has 0 aliphatic rings. The molecule has 0 fully saturated rings. The van der Waals surface area contributed by atoms with E-state index < -0.39 is 0 Å². The third-order valence-corrected chi connectivity index (χ3v) is 2.14. The standard InChI is InChI=1S/C13H17NO/c1-3-7-11(2)14-13(15)10-12-8-5-4-6-9-12/h3-6,8-9,11H,1,7,10H2,2H3,(H,14,15). The first kappa shape index (κ1) is 11.5. The average molecular weight is 203 g/mol. The molecule has 0 radical (unpaired) electrons. The van der Waals surface area contributed by atoms with E-state index in [1.54, 1.807) is 0 Å². The van der Waals surface area contributed by atoms with E-state index in [9.17, 15) is 4.79 Å². The molecule has 1 atom stereocenters. The highest BCUT2D eigenvalue weighted by molar-refractivity contribution is 5.78. The Hall–Kier alpha value is -1.57. The largest absolute Gasteiger partial charge is 0.353 e. The third-order valence-electron chi connectivity index (χ3n) is 2.14. The number of carbonyl (C=O) groups excluding carboxylic acids is 1. The van der Waals surface area contributed by atoms with Gasteiger partial charge in [0.2, 0.25) is 5.91 Å². The van der Waals surface area contributed by atoms with E-state index in [1.807, 2.05) is 43.3 Å². The van der Waals surface area contributed by atoms with Gasteiger partial charge in [-0.1, -0.05) is 36.4 Å². The van der Waals surface area contributed by atoms with E-state index in [2.05, 4.69) is 11.9 Å². The average Bonchev–Trinajstić information content (AvgIpc) is 2.19. The monoisotopic (exact) mass is 203 g/mol. The highest BCUT2D eigenvalue weighted by atomic mass is 16.1. The molecular formula is C13H17NO. The van der Waals surface area contributed by atoms with Gasteiger partial charge in [0.15, 0.2) is 0 Å². The Bertz CT molecular complexity index is 319. The van der Waals surface area contributed by atoms with Gasteiger partial charge in [-0.25, -0.2) is 0 Å². The molecule has 1 rings (SSSR count). The number of amides is 1. The quantitative estimate of drug-likeness (QED) is 0.731. The van der Waals surface area contributed by atoms with Crippen molar-refractivity contribution in [3.05, 3.63) is 48.6 Å². The van der Waals surface area contributed by atoms with E-state index in [1.165, 1.54) is 0 Å². The maximum Gasteiger partial charge on any atom is 0.224 e. The summed E-state index contributed by atoms with van der Waals surface area (Å²) in [4.78, 5) is 11.6. The first-order chi connectivity index (χ1) is 7.22. The fraction of sp³-hybridized carbons (Fsp3) is 0.308. The van der Waals surface area contributed by atoms with E-state index in [4.69, 9.17) is 0 Å². The molecule has 0 aliphatic carbocycles. The molecule has 1 aromatic carbocycles. The lowest BCUT2D eigenvalue weighted by Gasteiger charge is -2.11. The molecule has 0 saturated carbocycles. The van der Waals surface area contributed by atoms with Crippen LogP contribution in [0.3, 0.4) is 0 Å². The van der Waals surface area contributed by atoms with Crippen molar-refractivity contribution in [1.29, 1.82) is 0 Å². The van der Waals surface area contributed by atoms with Crippen LogP contribution in [0.15, 0.2) is 43.0 Å². The molecule has 1 aromatic rings. The summed E-state index contributed by atoms with van der Waals surface area (Å²) in [5.41, 5.74) is 1.04. The Morgan fingerprint density at radius 3 is 2.73 bits per heavy atom. The van der Waals surface area contributed by atoms with Crippen LogP contribution in [0.2, 0.25) is 0 Å². The number of hydrogen-bond acceptors (Lipinski definition) is 1. The van der Waals surface area contributed by atoms with Gasteiger partial charge in [-0.2, -0.15) is 0 Å². The summed E-state index contributed by atoms with van der Waals surface area (Å²) < 4.78 is 0. The molecule has 0 aromatic heterocycles. The molecule has 15 heavy (non-hydrogen) atoms. The Kier molecular flexibility index (Phi) is 4.61. The highest BCUT2D eigenvalue weighted by Crippen LogP contribution is 2.00. The van der Waals surface area contributed by atoms with Gasteiger partial charge in [-0.3, -0.25) is 4.79 Å². The topological polar surface area (TPSA) is 29.1 Å². The second-order valence-electron chi connectivity index (χ2n) is 3.66. The lowest BCUT2D eigenvalue weighted by Crippen LogP contribution is -2.33. The summed E-state index contributed by atoms with van der Waals surface area (Å²) in [5.74, 6) is 0.0653. The molecule has 0 heterocycles. The molecule has 80 valence electrons. The van der Waals surface area contributed by atoms with Crippen LogP contribution in [0.4, 0.5) is 0 Å². The second kappa shape index (κ2) is 6.02. The van der Waals surface area contributed by atoms with Gasteiger partial charge in [-0.15, -0.1) is 6.58 Å². The van der Waals surface area contributed by atoms with Crippen molar-refractivity contribution in [2.75, 3.05) is 0 Å². The summed E-state index contributed by atoms with van der Waals surface area (Å²) in [6.07, 6.45) is 3.07. The second-order valence-corrected chi connectivity index (χ2v) is 3.66. The minimum Gasteiger partial charge on any atom is -0.353 e. The van der Waals surface area contributed by atoms with Crippen LogP contribution in [-0.4, -0.2) is 11.9 Å². The number of nitrogens with one attached hydrogen (secondary N) is 1. The molecule has 0 saturated heterocycles. The van der Waals surface area contributed by atoms with E-state index in [-0.39, 0.29) is 11.9 Å². The molecule has 1 N–H and O–H groups in total. The zero-order valence-corrected chi connectivity index (χ0v) is 9.07. The van der Waals surface area contributed by atoms with Crippen molar-refractivity contribution < 1.29 is 4.79 Å². The smallest absolute Gasteiger partial charge is 0.224 e. The normalized spacial score (nSPS) is 11.8. The van der Waals surface area contributed by atoms with Crippen LogP contribution in [0.5, 0.6) is 0 Å². The van der Waals surface area contributed by atoms with Crippen molar-refractivity contribution in [3.8, 4) is 0 Å². The fourth-order valence-electron chi connectivity index (χ4n) is 1.42. The maximum absolute atomic E-state index is 11.6. The minimum atomic E-state index is 0.0653. The Morgan fingerprint density at radius 1 is 1.47 bits per heavy atom. The van der Waals surface area contributed by atoms with Crippen molar-refractivity contribution in [2.45, 2.75) is 25.8 Å². The van der Waals surface area contributed by atoms with Crippen LogP contribution in [-0.2, 0) is 11.2 Å². The van der Waals surface area contributed by atoms with Gasteiger partial charge in [-0.05, 0) is 18.9 Å². The van der Waals surface area contributed by atoms with Crippen molar-refractivity contribution >= 4 is 5.91 Å². The summed E-state index contributed by atoms with van der Waals surface area (Å²) in [5, 5.41) is 2.92. The molecule has 0 aliphatic heterocycles. The van der Waals surface area contributed by atoms with Gasteiger partial charge in [0.25, 0.3) is 0 Å². The Morgan fingerprint density at radius 2 is 2.13 bits per heavy atom. The van der Waals surface area contributed by atoms with Crippen LogP contribution in [0.1, 0.15) is 18.9 Å². The van der Waals surface area contributed by atoms with Crippen LogP contribution in [0.25, 0.3) is 0 Å². The summed E-state index contributed by atoms with van der Waals surface area (Å²) in [6, 6.07) is 9.90. The molecular weight excluding hydrogens is 186 g/mol. The molecule has 1 amide bonds. The highest BCUT2D eigenvalue weighted by Gasteiger charge is 2.05. The number of rotatable bonds is 5. The first-order valence-electron chi connectivity index (χ1n) is 5.16. The van der Waals surface area contributed by atoms with Gasteiger partial charge < -0.3 is 5.32 Å². The van der Waals surface area contributed by atoms with Gasteiger partial charge in [0.05, 0.1) is 6.42 Å². The molecule has 2 nitrogen and oxygen atoms in total. The number of hydrogen-bond donors (Lipinski definition) is 1. The number of carbonyl (C=O) groups is 1. The fourth-order valence-corrected chi connectivity index (χ4v) is 1.42. The van der Waals surface area contributed by atoms with Crippen molar-refractivity contribution in [1.82, 2.24) is 5.32 Å². The molecule has 0 spiro atoms. The van der Waals surface area contributed by atoms with Gasteiger partial charge >= 0.3 is 0 Å². The predicted molar refractivity (Wildman–Crippen MR) is 62.6 cm³/mol. The lowest BCUT2D eigenvalue weighted by atomic mass is 10.1. The minimum absolute atomic E-state index is 0.0653. The van der Waals surface area contributed by atoms with Gasteiger partial charge in [0, 0.05) is 6.04 Å². The zero-order valence-electron chi connectivity index (χ0n) is 9.07. The van der Waals surface area contributed by atoms with Crippen LogP contribution >= 0.6 is 0 Å². The molecule has 0 bridgehead atoms. The van der Waals surface area contributed by atoms with E-state index in [0.717, 1.165) is 12.0 Å². The SMILES string of the molecule is C=CCC(C)NC(=O)Cc1ccccc1. The third kappa shape index (κ3) is 4.45. The summed E-state index contributed by atoms with van der Waals surface area (Å²) in [6.45, 7) is 5.62. The summed E-state index contributed by atoms with van der Waals surface area (Å²) in [7, 11) is 0. The first-order valence-corrected chi connectivity index (χ1v) is 5.16. The van der Waals surface area contributed by atoms with E-state index >= 15 is 0 Å². The van der Waals surface area contributed by atoms with Crippen molar-refractivity contribution in [3.63, 3.8) is 0 Å². The predicted octanol–water partition coefficient (Wildman–Crippen LogP) is 2.31. The molecule has 1 unspecified atom stereocenters. The number of benzene rings is 1. The Labute approximate surface area is 91.0 Å².